The van der Waals surface area contributed by atoms with Gasteiger partial charge in [0.05, 0.1) is 23.9 Å². The zero-order chi connectivity index (χ0) is 18.4. The molecule has 0 spiro atoms. The molecular formula is C18H22ClN5O2. The number of nitrogens with zero attached hydrogens (tertiary/aromatic N) is 3. The molecule has 8 heteroatoms. The summed E-state index contributed by atoms with van der Waals surface area (Å²) in [7, 11) is 0. The summed E-state index contributed by atoms with van der Waals surface area (Å²) in [6.07, 6.45) is 0. The molecule has 26 heavy (non-hydrogen) atoms. The number of aromatic nitrogens is 2. The third kappa shape index (κ3) is 5.14. The normalized spacial score (nSPS) is 14.8. The Kier molecular flexibility index (Phi) is 6.38. The molecule has 1 aliphatic rings. The van der Waals surface area contributed by atoms with Crippen LogP contribution in [0.15, 0.2) is 30.3 Å². The highest BCUT2D eigenvalue weighted by atomic mass is 35.5. The smallest absolute Gasteiger partial charge is 0.270 e. The van der Waals surface area contributed by atoms with E-state index in [9.17, 15) is 4.79 Å². The van der Waals surface area contributed by atoms with Crippen molar-refractivity contribution in [2.75, 3.05) is 44.7 Å². The maximum Gasteiger partial charge on any atom is 0.270 e. The highest BCUT2D eigenvalue weighted by molar-refractivity contribution is 6.33. The molecule has 1 aromatic heterocycles. The lowest BCUT2D eigenvalue weighted by Crippen LogP contribution is -2.41. The van der Waals surface area contributed by atoms with Crippen molar-refractivity contribution in [1.82, 2.24) is 20.2 Å². The van der Waals surface area contributed by atoms with Gasteiger partial charge in [-0.3, -0.25) is 9.69 Å². The number of carbonyl (C=O) groups excluding carboxylic acids is 1. The number of carbonyl (C=O) groups is 1. The van der Waals surface area contributed by atoms with Crippen molar-refractivity contribution in [3.8, 4) is 0 Å². The number of halogens is 1. The first-order chi connectivity index (χ1) is 12.6. The molecule has 0 atom stereocenters. The second-order valence-electron chi connectivity index (χ2n) is 6.00. The van der Waals surface area contributed by atoms with E-state index in [1.165, 1.54) is 0 Å². The van der Waals surface area contributed by atoms with Crippen LogP contribution in [-0.4, -0.2) is 60.2 Å². The largest absolute Gasteiger partial charge is 0.379 e. The lowest BCUT2D eigenvalue weighted by molar-refractivity contribution is 0.0383. The van der Waals surface area contributed by atoms with E-state index in [0.717, 1.165) is 38.5 Å². The molecule has 2 heterocycles. The Morgan fingerprint density at radius 1 is 1.27 bits per heavy atom. The van der Waals surface area contributed by atoms with Gasteiger partial charge in [-0.05, 0) is 19.1 Å². The first-order valence-corrected chi connectivity index (χ1v) is 8.95. The van der Waals surface area contributed by atoms with Crippen LogP contribution in [-0.2, 0) is 4.74 Å². The van der Waals surface area contributed by atoms with Gasteiger partial charge < -0.3 is 15.4 Å². The predicted molar refractivity (Wildman–Crippen MR) is 101 cm³/mol. The highest BCUT2D eigenvalue weighted by Crippen LogP contribution is 2.24. The minimum Gasteiger partial charge on any atom is -0.379 e. The molecule has 1 saturated heterocycles. The van der Waals surface area contributed by atoms with E-state index in [2.05, 4.69) is 25.5 Å². The van der Waals surface area contributed by atoms with Crippen LogP contribution in [0.25, 0.3) is 0 Å². The van der Waals surface area contributed by atoms with E-state index in [0.29, 0.717) is 28.9 Å². The number of ether oxygens (including phenoxy) is 1. The monoisotopic (exact) mass is 375 g/mol. The number of nitrogens with one attached hydrogen (secondary N) is 2. The first kappa shape index (κ1) is 18.6. The molecule has 1 amide bonds. The van der Waals surface area contributed by atoms with Crippen molar-refractivity contribution < 1.29 is 9.53 Å². The Hall–Kier alpha value is -2.22. The van der Waals surface area contributed by atoms with Gasteiger partial charge in [0.1, 0.15) is 17.3 Å². The van der Waals surface area contributed by atoms with Gasteiger partial charge >= 0.3 is 0 Å². The molecule has 1 fully saturated rings. The molecule has 1 aliphatic heterocycles. The SMILES string of the molecule is Cc1nc(Nc2ccccc2Cl)cc(C(=O)NCCN2CCOCC2)n1. The van der Waals surface area contributed by atoms with Crippen molar-refractivity contribution in [2.45, 2.75) is 6.92 Å². The standard InChI is InChI=1S/C18H22ClN5O2/c1-13-21-16(18(25)20-6-7-24-8-10-26-11-9-24)12-17(22-13)23-15-5-3-2-4-14(15)19/h2-5,12H,6-11H2,1H3,(H,20,25)(H,21,22,23). The van der Waals surface area contributed by atoms with E-state index in [-0.39, 0.29) is 5.91 Å². The molecule has 2 N–H and O–H groups in total. The summed E-state index contributed by atoms with van der Waals surface area (Å²) >= 11 is 6.16. The molecule has 2 aromatic rings. The second-order valence-corrected chi connectivity index (χ2v) is 6.41. The van der Waals surface area contributed by atoms with E-state index in [1.807, 2.05) is 18.2 Å². The molecule has 0 radical (unpaired) electrons. The topological polar surface area (TPSA) is 79.4 Å². The Morgan fingerprint density at radius 3 is 2.81 bits per heavy atom. The summed E-state index contributed by atoms with van der Waals surface area (Å²) in [5, 5.41) is 6.62. The fraction of sp³-hybridized carbons (Fsp3) is 0.389. The highest BCUT2D eigenvalue weighted by Gasteiger charge is 2.13. The number of morpholine rings is 1. The van der Waals surface area contributed by atoms with Gasteiger partial charge in [0, 0.05) is 32.2 Å². The summed E-state index contributed by atoms with van der Waals surface area (Å²) in [5.41, 5.74) is 1.06. The van der Waals surface area contributed by atoms with Gasteiger partial charge in [0.25, 0.3) is 5.91 Å². The summed E-state index contributed by atoms with van der Waals surface area (Å²) in [6.45, 7) is 6.40. The van der Waals surface area contributed by atoms with Crippen LogP contribution in [0.3, 0.4) is 0 Å². The molecule has 138 valence electrons. The maximum atomic E-state index is 12.4. The number of rotatable bonds is 6. The number of amides is 1. The number of para-hydroxylation sites is 1. The van der Waals surface area contributed by atoms with Gasteiger partial charge in [0.15, 0.2) is 0 Å². The Balaban J connectivity index is 1.61. The molecular weight excluding hydrogens is 354 g/mol. The average molecular weight is 376 g/mol. The minimum absolute atomic E-state index is 0.217. The first-order valence-electron chi connectivity index (χ1n) is 8.57. The number of anilines is 2. The quantitative estimate of drug-likeness (QED) is 0.806. The Labute approximate surface area is 157 Å². The minimum atomic E-state index is -0.217. The lowest BCUT2D eigenvalue weighted by atomic mass is 10.3. The number of hydrogen-bond acceptors (Lipinski definition) is 6. The van der Waals surface area contributed by atoms with Crippen LogP contribution in [0.4, 0.5) is 11.5 Å². The van der Waals surface area contributed by atoms with Crippen LogP contribution in [0, 0.1) is 6.92 Å². The summed E-state index contributed by atoms with van der Waals surface area (Å²) in [5.74, 6) is 0.829. The summed E-state index contributed by atoms with van der Waals surface area (Å²) in [4.78, 5) is 23.2. The van der Waals surface area contributed by atoms with E-state index >= 15 is 0 Å². The maximum absolute atomic E-state index is 12.4. The van der Waals surface area contributed by atoms with Gasteiger partial charge in [-0.25, -0.2) is 9.97 Å². The van der Waals surface area contributed by atoms with Gasteiger partial charge in [-0.1, -0.05) is 23.7 Å². The number of benzene rings is 1. The summed E-state index contributed by atoms with van der Waals surface area (Å²) < 4.78 is 5.32. The lowest BCUT2D eigenvalue weighted by Gasteiger charge is -2.26. The molecule has 0 aliphatic carbocycles. The van der Waals surface area contributed by atoms with Crippen LogP contribution >= 0.6 is 11.6 Å². The Bertz CT molecular complexity index is 765. The summed E-state index contributed by atoms with van der Waals surface area (Å²) in [6, 6.07) is 8.99. The average Bonchev–Trinajstić information content (AvgIpc) is 2.64. The zero-order valence-electron chi connectivity index (χ0n) is 14.7. The molecule has 0 saturated carbocycles. The molecule has 0 bridgehead atoms. The molecule has 7 nitrogen and oxygen atoms in total. The second kappa shape index (κ2) is 8.93. The number of hydrogen-bond donors (Lipinski definition) is 2. The zero-order valence-corrected chi connectivity index (χ0v) is 15.4. The third-order valence-electron chi connectivity index (χ3n) is 4.02. The van der Waals surface area contributed by atoms with Crippen molar-refractivity contribution in [1.29, 1.82) is 0 Å². The van der Waals surface area contributed by atoms with Crippen molar-refractivity contribution in [2.24, 2.45) is 0 Å². The van der Waals surface area contributed by atoms with Crippen LogP contribution in [0.5, 0.6) is 0 Å². The van der Waals surface area contributed by atoms with E-state index in [4.69, 9.17) is 16.3 Å². The predicted octanol–water partition coefficient (Wildman–Crippen LogP) is 2.24. The van der Waals surface area contributed by atoms with Crippen molar-refractivity contribution >= 4 is 29.0 Å². The van der Waals surface area contributed by atoms with Gasteiger partial charge in [-0.15, -0.1) is 0 Å². The fourth-order valence-electron chi connectivity index (χ4n) is 2.69. The number of aryl methyl sites for hydroxylation is 1. The molecule has 0 unspecified atom stereocenters. The van der Waals surface area contributed by atoms with Crippen LogP contribution in [0.2, 0.25) is 5.02 Å². The van der Waals surface area contributed by atoms with E-state index in [1.54, 1.807) is 19.1 Å². The Morgan fingerprint density at radius 2 is 2.04 bits per heavy atom. The van der Waals surface area contributed by atoms with Crippen molar-refractivity contribution in [3.63, 3.8) is 0 Å². The van der Waals surface area contributed by atoms with E-state index < -0.39 is 0 Å². The third-order valence-corrected chi connectivity index (χ3v) is 4.35. The van der Waals surface area contributed by atoms with Crippen LogP contribution < -0.4 is 10.6 Å². The van der Waals surface area contributed by atoms with Gasteiger partial charge in [-0.2, -0.15) is 0 Å². The van der Waals surface area contributed by atoms with Crippen molar-refractivity contribution in [3.05, 3.63) is 46.9 Å². The fourth-order valence-corrected chi connectivity index (χ4v) is 2.87. The molecule has 3 rings (SSSR count). The van der Waals surface area contributed by atoms with Gasteiger partial charge in [0.2, 0.25) is 0 Å². The van der Waals surface area contributed by atoms with Crippen LogP contribution in [0.1, 0.15) is 16.3 Å². The molecule has 1 aromatic carbocycles.